The van der Waals surface area contributed by atoms with E-state index < -0.39 is 23.9 Å². The van der Waals surface area contributed by atoms with Gasteiger partial charge in [0.1, 0.15) is 5.75 Å². The Morgan fingerprint density at radius 2 is 1.74 bits per heavy atom. The van der Waals surface area contributed by atoms with Crippen LogP contribution in [0.25, 0.3) is 22.0 Å². The maximum Gasteiger partial charge on any atom is 0.321 e. The van der Waals surface area contributed by atoms with Gasteiger partial charge in [0.25, 0.3) is 5.91 Å². The molecule has 0 aliphatic heterocycles. The van der Waals surface area contributed by atoms with Crippen molar-refractivity contribution in [3.8, 4) is 22.9 Å². The van der Waals surface area contributed by atoms with Crippen molar-refractivity contribution in [2.75, 3.05) is 7.11 Å². The van der Waals surface area contributed by atoms with Crippen molar-refractivity contribution in [1.29, 1.82) is 5.26 Å². The number of amides is 1. The first-order valence-corrected chi connectivity index (χ1v) is 11.0. The number of methoxy groups -OCH3 is 1. The molecule has 4 rings (SSSR count). The second kappa shape index (κ2) is 9.55. The fourth-order valence-corrected chi connectivity index (χ4v) is 4.05. The minimum absolute atomic E-state index is 0.550. The lowest BCUT2D eigenvalue weighted by Crippen LogP contribution is -2.46. The Balaban J connectivity index is 1.75. The van der Waals surface area contributed by atoms with Crippen LogP contribution in [0.4, 0.5) is 8.78 Å². The van der Waals surface area contributed by atoms with Crippen molar-refractivity contribution in [3.63, 3.8) is 0 Å². The Hall–Kier alpha value is -4.25. The molecule has 178 valence electrons. The fraction of sp³-hybridized carbons (Fsp3) is 0.222. The third-order valence-corrected chi connectivity index (χ3v) is 5.89. The number of nitriles is 1. The van der Waals surface area contributed by atoms with Crippen LogP contribution >= 0.6 is 0 Å². The summed E-state index contributed by atoms with van der Waals surface area (Å²) in [6.45, 7) is 2.25. The van der Waals surface area contributed by atoms with Gasteiger partial charge in [0.05, 0.1) is 42.5 Å². The van der Waals surface area contributed by atoms with Crippen LogP contribution in [0.1, 0.15) is 31.0 Å². The number of rotatable bonds is 7. The molecule has 3 aromatic carbocycles. The second-order valence-electron chi connectivity index (χ2n) is 8.42. The maximum absolute atomic E-state index is 13.6. The Kier molecular flexibility index (Phi) is 6.52. The number of nitrogens with one attached hydrogen (secondary N) is 1. The van der Waals surface area contributed by atoms with Gasteiger partial charge in [-0.05, 0) is 60.0 Å². The number of carbonyl (C=O) groups excluding carboxylic acids is 1. The van der Waals surface area contributed by atoms with E-state index in [1.807, 2.05) is 42.5 Å². The molecule has 0 aliphatic carbocycles. The Morgan fingerprint density at radius 3 is 2.34 bits per heavy atom. The van der Waals surface area contributed by atoms with Crippen molar-refractivity contribution < 1.29 is 18.3 Å². The first kappa shape index (κ1) is 23.9. The van der Waals surface area contributed by atoms with Crippen LogP contribution in [0, 0.1) is 11.3 Å². The number of ether oxygens (including phenoxy) is 1. The average molecular weight is 475 g/mol. The van der Waals surface area contributed by atoms with E-state index in [2.05, 4.69) is 16.5 Å². The van der Waals surface area contributed by atoms with Crippen LogP contribution in [0.2, 0.25) is 0 Å². The van der Waals surface area contributed by atoms with Crippen molar-refractivity contribution in [1.82, 2.24) is 15.1 Å². The van der Waals surface area contributed by atoms with Gasteiger partial charge in [0.15, 0.2) is 0 Å². The molecule has 6 nitrogen and oxygen atoms in total. The molecule has 0 aliphatic rings. The predicted octanol–water partition coefficient (Wildman–Crippen LogP) is 5.33. The van der Waals surface area contributed by atoms with Gasteiger partial charge in [-0.1, -0.05) is 30.3 Å². The molecule has 0 fully saturated rings. The van der Waals surface area contributed by atoms with Crippen molar-refractivity contribution >= 4 is 16.8 Å². The first-order valence-electron chi connectivity index (χ1n) is 11.0. The monoisotopic (exact) mass is 474 g/mol. The number of alkyl halides is 2. The van der Waals surface area contributed by atoms with Gasteiger partial charge >= 0.3 is 5.92 Å². The lowest BCUT2D eigenvalue weighted by molar-refractivity contribution is -0.143. The number of benzene rings is 3. The van der Waals surface area contributed by atoms with Crippen LogP contribution in [-0.4, -0.2) is 34.8 Å². The average Bonchev–Trinajstić information content (AvgIpc) is 3.27. The van der Waals surface area contributed by atoms with E-state index in [-0.39, 0.29) is 0 Å². The first-order chi connectivity index (χ1) is 16.7. The minimum Gasteiger partial charge on any atom is -0.497 e. The molecule has 1 N–H and O–H groups in total. The number of fused-ring (bicyclic) bond motifs is 1. The second-order valence-corrected chi connectivity index (χ2v) is 8.42. The van der Waals surface area contributed by atoms with Gasteiger partial charge in [0.2, 0.25) is 0 Å². The molecule has 0 unspecified atom stereocenters. The number of halogens is 2. The molecule has 0 saturated heterocycles. The number of hydrogen-bond donors (Lipinski definition) is 1. The molecule has 1 amide bonds. The topological polar surface area (TPSA) is 79.9 Å². The van der Waals surface area contributed by atoms with E-state index in [0.29, 0.717) is 18.2 Å². The molecular weight excluding hydrogens is 450 g/mol. The summed E-state index contributed by atoms with van der Waals surface area (Å²) >= 11 is 0. The fourth-order valence-electron chi connectivity index (χ4n) is 4.05. The van der Waals surface area contributed by atoms with E-state index in [1.54, 1.807) is 49.2 Å². The van der Waals surface area contributed by atoms with Gasteiger partial charge in [-0.15, -0.1) is 0 Å². The van der Waals surface area contributed by atoms with Crippen molar-refractivity contribution in [2.45, 2.75) is 31.9 Å². The summed E-state index contributed by atoms with van der Waals surface area (Å²) in [5, 5.41) is 16.9. The lowest BCUT2D eigenvalue weighted by atomic mass is 9.99. The molecule has 2 atom stereocenters. The summed E-state index contributed by atoms with van der Waals surface area (Å²) in [5.74, 6) is -4.19. The van der Waals surface area contributed by atoms with Crippen LogP contribution in [0.5, 0.6) is 5.75 Å². The molecular formula is C27H24F2N4O2. The number of carbonyl (C=O) groups is 1. The van der Waals surface area contributed by atoms with Crippen LogP contribution in [-0.2, 0) is 4.79 Å². The molecule has 0 radical (unpaired) electrons. The molecule has 0 spiro atoms. The quantitative estimate of drug-likeness (QED) is 0.393. The Bertz CT molecular complexity index is 1380. The summed E-state index contributed by atoms with van der Waals surface area (Å²) < 4.78 is 34.2. The summed E-state index contributed by atoms with van der Waals surface area (Å²) in [6, 6.07) is 21.2. The van der Waals surface area contributed by atoms with E-state index in [9.17, 15) is 13.6 Å². The zero-order valence-electron chi connectivity index (χ0n) is 19.5. The minimum atomic E-state index is -3.50. The highest BCUT2D eigenvalue weighted by molar-refractivity contribution is 5.85. The number of aromatic nitrogens is 2. The molecule has 35 heavy (non-hydrogen) atoms. The van der Waals surface area contributed by atoms with Crippen LogP contribution in [0.15, 0.2) is 72.9 Å². The van der Waals surface area contributed by atoms with Gasteiger partial charge in [-0.3, -0.25) is 9.48 Å². The molecule has 8 heteroatoms. The molecule has 4 aromatic rings. The number of nitrogens with zero attached hydrogens (tertiary/aromatic N) is 3. The standard InChI is InChI=1S/C27H24F2N4O2/c1-17(32-26(34)27(2,28)29)25(20-8-11-23(35-3)12-9-20)33-24-13-10-21(14-22(24)16-31-33)19-6-4-18(15-30)5-7-19/h4-14,16-17,25H,1-3H3,(H,32,34)/t17-,25+/m0/s1. The SMILES string of the molecule is COc1ccc([C@@H]([C@H](C)NC(=O)C(C)(F)F)n2ncc3cc(-c4ccc(C#N)cc4)ccc32)cc1. The summed E-state index contributed by atoms with van der Waals surface area (Å²) in [5.41, 5.74) is 4.05. The zero-order chi connectivity index (χ0) is 25.2. The smallest absolute Gasteiger partial charge is 0.321 e. The van der Waals surface area contributed by atoms with E-state index >= 15 is 0 Å². The zero-order valence-corrected chi connectivity index (χ0v) is 19.5. The molecule has 1 aromatic heterocycles. The predicted molar refractivity (Wildman–Crippen MR) is 129 cm³/mol. The highest BCUT2D eigenvalue weighted by Gasteiger charge is 2.35. The van der Waals surface area contributed by atoms with Gasteiger partial charge in [0, 0.05) is 12.3 Å². The van der Waals surface area contributed by atoms with Gasteiger partial charge in [-0.2, -0.15) is 19.1 Å². The van der Waals surface area contributed by atoms with Crippen molar-refractivity contribution in [3.05, 3.63) is 84.1 Å². The highest BCUT2D eigenvalue weighted by atomic mass is 19.3. The summed E-state index contributed by atoms with van der Waals surface area (Å²) in [7, 11) is 1.56. The molecule has 0 bridgehead atoms. The van der Waals surface area contributed by atoms with Crippen molar-refractivity contribution in [2.24, 2.45) is 0 Å². The van der Waals surface area contributed by atoms with Crippen LogP contribution in [0.3, 0.4) is 0 Å². The highest BCUT2D eigenvalue weighted by Crippen LogP contribution is 2.31. The normalized spacial score (nSPS) is 13.1. The third-order valence-electron chi connectivity index (χ3n) is 5.89. The lowest BCUT2D eigenvalue weighted by Gasteiger charge is -2.27. The van der Waals surface area contributed by atoms with Gasteiger partial charge in [-0.25, -0.2) is 0 Å². The largest absolute Gasteiger partial charge is 0.497 e. The Morgan fingerprint density at radius 1 is 1.09 bits per heavy atom. The maximum atomic E-state index is 13.6. The van der Waals surface area contributed by atoms with E-state index in [4.69, 9.17) is 10.00 Å². The molecule has 0 saturated carbocycles. The van der Waals surface area contributed by atoms with Gasteiger partial charge < -0.3 is 10.1 Å². The summed E-state index contributed by atoms with van der Waals surface area (Å²) in [4.78, 5) is 12.1. The summed E-state index contributed by atoms with van der Waals surface area (Å²) in [6.07, 6.45) is 1.71. The van der Waals surface area contributed by atoms with Crippen LogP contribution < -0.4 is 10.1 Å². The molecule has 1 heterocycles. The number of hydrogen-bond acceptors (Lipinski definition) is 4. The third kappa shape index (κ3) is 4.99. The Labute approximate surface area is 201 Å². The van der Waals surface area contributed by atoms with E-state index in [0.717, 1.165) is 27.6 Å². The van der Waals surface area contributed by atoms with E-state index in [1.165, 1.54) is 0 Å².